The predicted molar refractivity (Wildman–Crippen MR) is 128 cm³/mol. The van der Waals surface area contributed by atoms with Crippen molar-refractivity contribution in [2.24, 2.45) is 5.92 Å². The zero-order valence-corrected chi connectivity index (χ0v) is 19.2. The topological polar surface area (TPSA) is 50.2 Å². The zero-order valence-electron chi connectivity index (χ0n) is 19.2. The summed E-state index contributed by atoms with van der Waals surface area (Å²) in [4.78, 5) is 15.5. The summed E-state index contributed by atoms with van der Waals surface area (Å²) in [6, 6.07) is 19.4. The van der Waals surface area contributed by atoms with Crippen LogP contribution in [0.4, 0.5) is 5.82 Å². The van der Waals surface area contributed by atoms with E-state index in [0.717, 1.165) is 38.2 Å². The predicted octanol–water partition coefficient (Wildman–Crippen LogP) is 5.19. The first kappa shape index (κ1) is 20.8. The fraction of sp³-hybridized carbons (Fsp3) is 0.407. The Morgan fingerprint density at radius 1 is 1.12 bits per heavy atom. The smallest absolute Gasteiger partial charge is 0.259 e. The molecule has 3 aromatic rings. The van der Waals surface area contributed by atoms with E-state index in [9.17, 15) is 4.79 Å². The summed E-state index contributed by atoms with van der Waals surface area (Å²) >= 11 is 0. The van der Waals surface area contributed by atoms with Gasteiger partial charge in [-0.2, -0.15) is 5.10 Å². The van der Waals surface area contributed by atoms with Crippen molar-refractivity contribution in [3.05, 3.63) is 83.0 Å². The summed E-state index contributed by atoms with van der Waals surface area (Å²) in [5.74, 6) is 1.45. The maximum atomic E-state index is 13.5. The number of carbonyl (C=O) groups excluding carboxylic acids is 1. The Morgan fingerprint density at radius 3 is 2.62 bits per heavy atom. The minimum Gasteiger partial charge on any atom is -0.363 e. The second-order valence-corrected chi connectivity index (χ2v) is 10.0. The summed E-state index contributed by atoms with van der Waals surface area (Å²) in [5, 5.41) is 8.26. The van der Waals surface area contributed by atoms with Gasteiger partial charge in [-0.3, -0.25) is 4.79 Å². The van der Waals surface area contributed by atoms with Gasteiger partial charge in [-0.05, 0) is 57.1 Å². The number of fused-ring (bicyclic) bond motifs is 1. The van der Waals surface area contributed by atoms with E-state index in [2.05, 4.69) is 79.7 Å². The van der Waals surface area contributed by atoms with Crippen LogP contribution < -0.4 is 5.32 Å². The molecule has 0 spiro atoms. The number of aryl methyl sites for hydroxylation is 1. The van der Waals surface area contributed by atoms with Gasteiger partial charge in [0.1, 0.15) is 11.4 Å². The molecule has 32 heavy (non-hydrogen) atoms. The number of rotatable bonds is 4. The van der Waals surface area contributed by atoms with Gasteiger partial charge in [0.25, 0.3) is 5.91 Å². The van der Waals surface area contributed by atoms with Crippen molar-refractivity contribution in [2.45, 2.75) is 51.6 Å². The lowest BCUT2D eigenvalue weighted by Crippen LogP contribution is -2.38. The molecular weight excluding hydrogens is 396 g/mol. The molecule has 2 unspecified atom stereocenters. The molecule has 2 aliphatic heterocycles. The molecule has 0 aliphatic carbocycles. The number of amides is 1. The lowest BCUT2D eigenvalue weighted by molar-refractivity contribution is 0.0787. The highest BCUT2D eigenvalue weighted by Gasteiger charge is 2.38. The number of hydrogen-bond donors (Lipinski definition) is 1. The van der Waals surface area contributed by atoms with Crippen LogP contribution in [-0.4, -0.2) is 33.7 Å². The van der Waals surface area contributed by atoms with Gasteiger partial charge in [0, 0.05) is 13.1 Å². The Balaban J connectivity index is 1.33. The molecule has 3 heterocycles. The van der Waals surface area contributed by atoms with Gasteiger partial charge in [0.05, 0.1) is 17.8 Å². The van der Waals surface area contributed by atoms with Crippen LogP contribution in [0, 0.1) is 12.8 Å². The number of anilines is 1. The zero-order chi connectivity index (χ0) is 22.3. The number of nitrogens with one attached hydrogen (secondary N) is 1. The van der Waals surface area contributed by atoms with Gasteiger partial charge in [-0.1, -0.05) is 60.2 Å². The maximum Gasteiger partial charge on any atom is 0.259 e. The van der Waals surface area contributed by atoms with Crippen LogP contribution in [0.2, 0.25) is 0 Å². The number of aromatic nitrogens is 2. The number of likely N-dealkylation sites (tertiary alicyclic amines) is 1. The maximum absolute atomic E-state index is 13.5. The first-order chi connectivity index (χ1) is 15.4. The molecule has 1 amide bonds. The van der Waals surface area contributed by atoms with Gasteiger partial charge >= 0.3 is 0 Å². The second kappa shape index (κ2) is 8.12. The third kappa shape index (κ3) is 3.92. The molecule has 0 bridgehead atoms. The normalized spacial score (nSPS) is 21.8. The molecule has 166 valence electrons. The molecule has 2 atom stereocenters. The van der Waals surface area contributed by atoms with Crippen molar-refractivity contribution in [3.8, 4) is 0 Å². The third-order valence-electron chi connectivity index (χ3n) is 7.01. The minimum atomic E-state index is -0.168. The average Bonchev–Trinajstić information content (AvgIpc) is 3.43. The monoisotopic (exact) mass is 428 g/mol. The Labute approximate surface area is 190 Å². The number of nitrogens with zero attached hydrogens (tertiary/aromatic N) is 3. The SMILES string of the molecule is Cc1ccc(CC2CCN(C(=O)c3cnn4c3NC(c3ccccc3)CC4(C)C)C2)cc1. The van der Waals surface area contributed by atoms with E-state index in [1.54, 1.807) is 6.20 Å². The van der Waals surface area contributed by atoms with E-state index in [1.807, 2.05) is 15.6 Å². The van der Waals surface area contributed by atoms with E-state index in [0.29, 0.717) is 11.5 Å². The van der Waals surface area contributed by atoms with E-state index in [4.69, 9.17) is 0 Å². The fourth-order valence-corrected chi connectivity index (χ4v) is 5.20. The molecule has 5 rings (SSSR count). The van der Waals surface area contributed by atoms with Crippen molar-refractivity contribution in [1.29, 1.82) is 0 Å². The third-order valence-corrected chi connectivity index (χ3v) is 7.01. The molecule has 5 heteroatoms. The summed E-state index contributed by atoms with van der Waals surface area (Å²) in [6.07, 6.45) is 4.75. The van der Waals surface area contributed by atoms with Crippen molar-refractivity contribution >= 4 is 11.7 Å². The van der Waals surface area contributed by atoms with Crippen LogP contribution in [0.15, 0.2) is 60.8 Å². The highest BCUT2D eigenvalue weighted by molar-refractivity contribution is 5.99. The molecule has 0 radical (unpaired) electrons. The van der Waals surface area contributed by atoms with Gasteiger partial charge in [-0.15, -0.1) is 0 Å². The van der Waals surface area contributed by atoms with Crippen LogP contribution in [0.1, 0.15) is 59.8 Å². The Hall–Kier alpha value is -3.08. The standard InChI is InChI=1S/C27H32N4O/c1-19-9-11-20(12-10-19)15-21-13-14-30(18-21)26(32)23-17-28-31-25(23)29-24(16-27(31,2)3)22-7-5-4-6-8-22/h4-12,17,21,24,29H,13-16,18H2,1-3H3. The molecule has 1 fully saturated rings. The van der Waals surface area contributed by atoms with Crippen molar-refractivity contribution < 1.29 is 4.79 Å². The molecule has 1 N–H and O–H groups in total. The van der Waals surface area contributed by atoms with E-state index in [1.165, 1.54) is 16.7 Å². The molecule has 0 saturated carbocycles. The second-order valence-electron chi connectivity index (χ2n) is 10.0. The molecule has 2 aromatic carbocycles. The van der Waals surface area contributed by atoms with Gasteiger partial charge in [0.15, 0.2) is 0 Å². The lowest BCUT2D eigenvalue weighted by atomic mass is 9.89. The first-order valence-corrected chi connectivity index (χ1v) is 11.7. The quantitative estimate of drug-likeness (QED) is 0.622. The van der Waals surface area contributed by atoms with Gasteiger partial charge < -0.3 is 10.2 Å². The largest absolute Gasteiger partial charge is 0.363 e. The van der Waals surface area contributed by atoms with Crippen LogP contribution >= 0.6 is 0 Å². The van der Waals surface area contributed by atoms with E-state index in [-0.39, 0.29) is 17.5 Å². The number of hydrogen-bond acceptors (Lipinski definition) is 3. The molecule has 1 saturated heterocycles. The Bertz CT molecular complexity index is 1100. The summed E-state index contributed by atoms with van der Waals surface area (Å²) in [5.41, 5.74) is 4.40. The number of carbonyl (C=O) groups is 1. The highest BCUT2D eigenvalue weighted by atomic mass is 16.2. The summed E-state index contributed by atoms with van der Waals surface area (Å²) in [7, 11) is 0. The van der Waals surface area contributed by atoms with Crippen molar-refractivity contribution in [2.75, 3.05) is 18.4 Å². The molecular formula is C27H32N4O. The lowest BCUT2D eigenvalue weighted by Gasteiger charge is -2.38. The van der Waals surface area contributed by atoms with Gasteiger partial charge in [-0.25, -0.2) is 4.68 Å². The fourth-order valence-electron chi connectivity index (χ4n) is 5.20. The average molecular weight is 429 g/mol. The van der Waals surface area contributed by atoms with Crippen LogP contribution in [-0.2, 0) is 12.0 Å². The van der Waals surface area contributed by atoms with E-state index < -0.39 is 0 Å². The first-order valence-electron chi connectivity index (χ1n) is 11.7. The molecule has 2 aliphatic rings. The van der Waals surface area contributed by atoms with Crippen LogP contribution in [0.3, 0.4) is 0 Å². The van der Waals surface area contributed by atoms with Crippen molar-refractivity contribution in [1.82, 2.24) is 14.7 Å². The van der Waals surface area contributed by atoms with Crippen molar-refractivity contribution in [3.63, 3.8) is 0 Å². The summed E-state index contributed by atoms with van der Waals surface area (Å²) < 4.78 is 2.00. The van der Waals surface area contributed by atoms with E-state index >= 15 is 0 Å². The van der Waals surface area contributed by atoms with Gasteiger partial charge in [0.2, 0.25) is 0 Å². The molecule has 1 aromatic heterocycles. The molecule has 5 nitrogen and oxygen atoms in total. The Morgan fingerprint density at radius 2 is 1.88 bits per heavy atom. The minimum absolute atomic E-state index is 0.0923. The highest BCUT2D eigenvalue weighted by Crippen LogP contribution is 2.40. The number of benzene rings is 2. The van der Waals surface area contributed by atoms with Crippen LogP contribution in [0.5, 0.6) is 0 Å². The Kier molecular flexibility index (Phi) is 5.28. The van der Waals surface area contributed by atoms with Crippen LogP contribution in [0.25, 0.3) is 0 Å². The summed E-state index contributed by atoms with van der Waals surface area (Å²) in [6.45, 7) is 8.13.